The Hall–Kier alpha value is -2.45. The number of carboxylic acid groups (broad SMARTS) is 1. The number of amides is 1. The average Bonchev–Trinajstić information content (AvgIpc) is 2.29. The fourth-order valence-electron chi connectivity index (χ4n) is 1.31. The van der Waals surface area contributed by atoms with E-state index in [1.54, 1.807) is 0 Å². The summed E-state index contributed by atoms with van der Waals surface area (Å²) >= 11 is 0. The van der Waals surface area contributed by atoms with E-state index in [1.165, 1.54) is 14.1 Å². The van der Waals surface area contributed by atoms with Crippen LogP contribution in [-0.2, 0) is 14.1 Å². The number of hydrogen-bond acceptors (Lipinski definition) is 5. The highest BCUT2D eigenvalue weighted by Crippen LogP contribution is 2.20. The normalized spacial score (nSPS) is 10.1. The molecule has 0 spiro atoms. The highest BCUT2D eigenvalue weighted by Gasteiger charge is 2.23. The predicted molar refractivity (Wildman–Crippen MR) is 58.8 cm³/mol. The highest BCUT2D eigenvalue weighted by molar-refractivity contribution is 5.88. The van der Waals surface area contributed by atoms with E-state index in [2.05, 4.69) is 5.18 Å². The van der Waals surface area contributed by atoms with E-state index < -0.39 is 28.8 Å². The van der Waals surface area contributed by atoms with Crippen LogP contribution < -0.4 is 16.1 Å². The highest BCUT2D eigenvalue weighted by atomic mass is 16.4. The zero-order chi connectivity index (χ0) is 13.3. The molecule has 1 heterocycles. The van der Waals surface area contributed by atoms with E-state index >= 15 is 0 Å². The Morgan fingerprint density at radius 1 is 1.29 bits per heavy atom. The largest absolute Gasteiger partial charge is 0.465 e. The Kier molecular flexibility index (Phi) is 3.12. The van der Waals surface area contributed by atoms with Gasteiger partial charge in [0.25, 0.3) is 5.56 Å². The van der Waals surface area contributed by atoms with Crippen molar-refractivity contribution in [3.8, 4) is 0 Å². The Morgan fingerprint density at radius 2 is 1.82 bits per heavy atom. The molecule has 0 aliphatic carbocycles. The molecule has 0 aliphatic rings. The van der Waals surface area contributed by atoms with Gasteiger partial charge in [-0.25, -0.2) is 9.59 Å². The van der Waals surface area contributed by atoms with Crippen molar-refractivity contribution in [2.75, 3.05) is 11.9 Å². The van der Waals surface area contributed by atoms with E-state index in [-0.39, 0.29) is 0 Å². The van der Waals surface area contributed by atoms with Gasteiger partial charge >= 0.3 is 11.8 Å². The van der Waals surface area contributed by atoms with Gasteiger partial charge < -0.3 is 5.11 Å². The first kappa shape index (κ1) is 12.6. The van der Waals surface area contributed by atoms with Gasteiger partial charge in [0.1, 0.15) is 0 Å². The lowest BCUT2D eigenvalue weighted by molar-refractivity contribution is 0.203. The molecule has 0 aliphatic heterocycles. The van der Waals surface area contributed by atoms with Crippen LogP contribution in [0.25, 0.3) is 0 Å². The molecule has 0 aromatic carbocycles. The number of hydrogen-bond donors (Lipinski definition) is 1. The van der Waals surface area contributed by atoms with Crippen LogP contribution in [0.3, 0.4) is 0 Å². The second-order valence-electron chi connectivity index (χ2n) is 3.31. The summed E-state index contributed by atoms with van der Waals surface area (Å²) in [5.41, 5.74) is -2.11. The quantitative estimate of drug-likeness (QED) is 0.708. The summed E-state index contributed by atoms with van der Waals surface area (Å²) in [7, 11) is 3.48. The van der Waals surface area contributed by atoms with E-state index in [1.807, 2.05) is 0 Å². The number of rotatable bonds is 2. The third-order valence-corrected chi connectivity index (χ3v) is 2.32. The molecule has 9 nitrogen and oxygen atoms in total. The van der Waals surface area contributed by atoms with Gasteiger partial charge in [0.15, 0.2) is 5.69 Å². The smallest absolute Gasteiger partial charge is 0.411 e. The van der Waals surface area contributed by atoms with Crippen LogP contribution in [-0.4, -0.2) is 27.4 Å². The fourth-order valence-corrected chi connectivity index (χ4v) is 1.31. The summed E-state index contributed by atoms with van der Waals surface area (Å²) < 4.78 is 1.51. The molecule has 0 saturated heterocycles. The van der Waals surface area contributed by atoms with Crippen LogP contribution in [0.1, 0.15) is 0 Å². The number of carbonyl (C=O) groups is 1. The van der Waals surface area contributed by atoms with Gasteiger partial charge in [0.05, 0.1) is 0 Å². The second kappa shape index (κ2) is 4.20. The molecule has 0 unspecified atom stereocenters. The minimum absolute atomic E-state index is 0.461. The van der Waals surface area contributed by atoms with Crippen molar-refractivity contribution in [2.24, 2.45) is 19.3 Å². The molecule has 17 heavy (non-hydrogen) atoms. The van der Waals surface area contributed by atoms with Crippen LogP contribution >= 0.6 is 0 Å². The maximum atomic E-state index is 11.7. The Morgan fingerprint density at radius 3 is 2.24 bits per heavy atom. The van der Waals surface area contributed by atoms with Crippen LogP contribution in [0.4, 0.5) is 16.3 Å². The molecule has 0 saturated carbocycles. The molecule has 9 heteroatoms. The molecule has 0 atom stereocenters. The third kappa shape index (κ3) is 1.82. The van der Waals surface area contributed by atoms with Crippen LogP contribution in [0, 0.1) is 4.91 Å². The lowest BCUT2D eigenvalue weighted by Gasteiger charge is -2.15. The standard InChI is InChI=1S/C8H10N4O5/c1-10(8(15)16)4-5(9-17)11(2)7(14)12(3)6(4)13/h1-3H3,(H,15,16). The number of nitroso groups, excluding NO2 is 1. The summed E-state index contributed by atoms with van der Waals surface area (Å²) in [6.07, 6.45) is -1.44. The van der Waals surface area contributed by atoms with Gasteiger partial charge in [0.2, 0.25) is 5.82 Å². The molecule has 1 aromatic rings. The first-order valence-electron chi connectivity index (χ1n) is 4.43. The topological polar surface area (TPSA) is 114 Å². The van der Waals surface area contributed by atoms with E-state index in [0.717, 1.165) is 11.6 Å². The van der Waals surface area contributed by atoms with Gasteiger partial charge in [-0.1, -0.05) is 0 Å². The van der Waals surface area contributed by atoms with Crippen molar-refractivity contribution >= 4 is 17.6 Å². The lowest BCUT2D eigenvalue weighted by Crippen LogP contribution is -2.41. The first-order valence-corrected chi connectivity index (χ1v) is 4.43. The van der Waals surface area contributed by atoms with E-state index in [9.17, 15) is 19.3 Å². The number of nitrogens with zero attached hydrogens (tertiary/aromatic N) is 4. The van der Waals surface area contributed by atoms with Crippen molar-refractivity contribution in [1.82, 2.24) is 9.13 Å². The molecule has 92 valence electrons. The molecule has 0 radical (unpaired) electrons. The maximum Gasteiger partial charge on any atom is 0.411 e. The lowest BCUT2D eigenvalue weighted by atomic mass is 10.4. The minimum Gasteiger partial charge on any atom is -0.465 e. The van der Waals surface area contributed by atoms with Crippen molar-refractivity contribution < 1.29 is 9.90 Å². The van der Waals surface area contributed by atoms with Crippen molar-refractivity contribution in [2.45, 2.75) is 0 Å². The average molecular weight is 242 g/mol. The fraction of sp³-hybridized carbons (Fsp3) is 0.375. The van der Waals surface area contributed by atoms with Gasteiger partial charge in [0, 0.05) is 21.1 Å². The van der Waals surface area contributed by atoms with Crippen LogP contribution in [0.5, 0.6) is 0 Å². The summed E-state index contributed by atoms with van der Waals surface area (Å²) in [5, 5.41) is 11.3. The maximum absolute atomic E-state index is 11.7. The zero-order valence-corrected chi connectivity index (χ0v) is 9.37. The van der Waals surface area contributed by atoms with Crippen molar-refractivity contribution in [3.63, 3.8) is 0 Å². The Labute approximate surface area is 94.5 Å². The minimum atomic E-state index is -1.44. The molecule has 1 N–H and O–H groups in total. The van der Waals surface area contributed by atoms with Gasteiger partial charge in [-0.2, -0.15) is 0 Å². The molecular formula is C8H10N4O5. The van der Waals surface area contributed by atoms with Gasteiger partial charge in [-0.05, 0) is 5.18 Å². The number of aromatic nitrogens is 2. The predicted octanol–water partition coefficient (Wildman–Crippen LogP) is -0.404. The van der Waals surface area contributed by atoms with E-state index in [0.29, 0.717) is 9.47 Å². The van der Waals surface area contributed by atoms with Gasteiger partial charge in [-0.3, -0.25) is 18.8 Å². The van der Waals surface area contributed by atoms with Crippen molar-refractivity contribution in [3.05, 3.63) is 25.7 Å². The molecule has 0 fully saturated rings. The summed E-state index contributed by atoms with van der Waals surface area (Å²) in [4.78, 5) is 45.1. The van der Waals surface area contributed by atoms with Crippen molar-refractivity contribution in [1.29, 1.82) is 0 Å². The first-order chi connectivity index (χ1) is 7.82. The molecule has 1 aromatic heterocycles. The summed E-state index contributed by atoms with van der Waals surface area (Å²) in [6.45, 7) is 0. The Balaban J connectivity index is 3.83. The summed E-state index contributed by atoms with van der Waals surface area (Å²) in [6, 6.07) is 0. The second-order valence-corrected chi connectivity index (χ2v) is 3.31. The molecule has 0 bridgehead atoms. The Bertz CT molecular complexity index is 599. The zero-order valence-electron chi connectivity index (χ0n) is 9.37. The molecule has 1 amide bonds. The molecular weight excluding hydrogens is 232 g/mol. The van der Waals surface area contributed by atoms with Gasteiger partial charge in [-0.15, -0.1) is 4.91 Å². The van der Waals surface area contributed by atoms with Crippen LogP contribution in [0.15, 0.2) is 14.8 Å². The van der Waals surface area contributed by atoms with E-state index in [4.69, 9.17) is 5.11 Å². The van der Waals surface area contributed by atoms with Crippen LogP contribution in [0.2, 0.25) is 0 Å². The number of anilines is 1. The third-order valence-electron chi connectivity index (χ3n) is 2.32. The molecule has 1 rings (SSSR count). The SMILES string of the molecule is CN(C(=O)O)c1c(N=O)n(C)c(=O)n(C)c1=O. The monoisotopic (exact) mass is 242 g/mol. The summed E-state index contributed by atoms with van der Waals surface area (Å²) in [5.74, 6) is -0.525.